The number of carbonyl (C=O) groups is 2. The van der Waals surface area contributed by atoms with Gasteiger partial charge in [-0.2, -0.15) is 5.10 Å². The summed E-state index contributed by atoms with van der Waals surface area (Å²) >= 11 is 0. The maximum absolute atomic E-state index is 12.3. The number of aryl methyl sites for hydroxylation is 2. The molecule has 7 heteroatoms. The van der Waals surface area contributed by atoms with E-state index in [9.17, 15) is 9.59 Å². The molecule has 0 spiro atoms. The van der Waals surface area contributed by atoms with Crippen molar-refractivity contribution < 1.29 is 19.4 Å². The minimum absolute atomic E-state index is 0.0891. The maximum Gasteiger partial charge on any atom is 0.306 e. The molecule has 1 N–H and O–H groups in total. The van der Waals surface area contributed by atoms with Crippen LogP contribution in [0.5, 0.6) is 0 Å². The van der Waals surface area contributed by atoms with E-state index < -0.39 is 12.1 Å². The van der Waals surface area contributed by atoms with E-state index in [0.717, 1.165) is 5.69 Å². The summed E-state index contributed by atoms with van der Waals surface area (Å²) in [5.74, 6) is -1.06. The Labute approximate surface area is 110 Å². The molecular formula is C12H17N3O4. The first-order valence-electron chi connectivity index (χ1n) is 6.10. The highest BCUT2D eigenvalue weighted by molar-refractivity contribution is 5.92. The molecule has 0 aliphatic carbocycles. The van der Waals surface area contributed by atoms with Gasteiger partial charge in [-0.3, -0.25) is 14.3 Å². The van der Waals surface area contributed by atoms with Crippen LogP contribution in [0.2, 0.25) is 0 Å². The number of aliphatic carboxylic acids is 1. The van der Waals surface area contributed by atoms with Gasteiger partial charge in [0.05, 0.1) is 24.8 Å². The first-order valence-corrected chi connectivity index (χ1v) is 6.10. The van der Waals surface area contributed by atoms with Gasteiger partial charge in [-0.25, -0.2) is 0 Å². The third-order valence-electron chi connectivity index (χ3n) is 3.05. The largest absolute Gasteiger partial charge is 0.481 e. The summed E-state index contributed by atoms with van der Waals surface area (Å²) in [4.78, 5) is 24.6. The Morgan fingerprint density at radius 2 is 2.32 bits per heavy atom. The number of hydrogen-bond acceptors (Lipinski definition) is 4. The van der Waals surface area contributed by atoms with Crippen LogP contribution in [0.15, 0.2) is 6.07 Å². The zero-order chi connectivity index (χ0) is 14.0. The van der Waals surface area contributed by atoms with Gasteiger partial charge in [0.25, 0.3) is 5.91 Å². The topological polar surface area (TPSA) is 84.7 Å². The second-order valence-electron chi connectivity index (χ2n) is 4.64. The van der Waals surface area contributed by atoms with Gasteiger partial charge in [-0.1, -0.05) is 0 Å². The Kier molecular flexibility index (Phi) is 3.84. The van der Waals surface area contributed by atoms with Gasteiger partial charge in [0.2, 0.25) is 0 Å². The third-order valence-corrected chi connectivity index (χ3v) is 3.05. The van der Waals surface area contributed by atoms with Gasteiger partial charge >= 0.3 is 5.97 Å². The molecule has 19 heavy (non-hydrogen) atoms. The number of rotatable bonds is 3. The fraction of sp³-hybridized carbons (Fsp3) is 0.583. The molecule has 0 saturated carbocycles. The van der Waals surface area contributed by atoms with Crippen LogP contribution in [0.25, 0.3) is 0 Å². The first kappa shape index (κ1) is 13.5. The van der Waals surface area contributed by atoms with Crippen LogP contribution in [-0.2, 0) is 16.6 Å². The third kappa shape index (κ3) is 3.11. The van der Waals surface area contributed by atoms with Crippen molar-refractivity contribution in [3.63, 3.8) is 0 Å². The second-order valence-corrected chi connectivity index (χ2v) is 4.64. The molecule has 1 aromatic heterocycles. The van der Waals surface area contributed by atoms with Crippen LogP contribution in [0.3, 0.4) is 0 Å². The lowest BCUT2D eigenvalue weighted by molar-refractivity contribution is -0.141. The van der Waals surface area contributed by atoms with Crippen molar-refractivity contribution in [2.45, 2.75) is 19.4 Å². The van der Waals surface area contributed by atoms with Crippen LogP contribution < -0.4 is 0 Å². The molecule has 1 aliphatic heterocycles. The highest BCUT2D eigenvalue weighted by atomic mass is 16.5. The van der Waals surface area contributed by atoms with Crippen LogP contribution in [-0.4, -0.2) is 57.5 Å². The zero-order valence-electron chi connectivity index (χ0n) is 11.0. The monoisotopic (exact) mass is 267 g/mol. The summed E-state index contributed by atoms with van der Waals surface area (Å²) in [6, 6.07) is 1.73. The summed E-state index contributed by atoms with van der Waals surface area (Å²) < 4.78 is 6.88. The molecule has 1 unspecified atom stereocenters. The van der Waals surface area contributed by atoms with Crippen molar-refractivity contribution in [3.8, 4) is 0 Å². The number of ether oxygens (including phenoxy) is 1. The highest BCUT2D eigenvalue weighted by Gasteiger charge is 2.28. The summed E-state index contributed by atoms with van der Waals surface area (Å²) in [5, 5.41) is 12.9. The van der Waals surface area contributed by atoms with E-state index in [1.807, 2.05) is 6.92 Å². The van der Waals surface area contributed by atoms with Gasteiger partial charge in [-0.05, 0) is 13.0 Å². The van der Waals surface area contributed by atoms with Crippen LogP contribution in [0.1, 0.15) is 22.6 Å². The van der Waals surface area contributed by atoms with Gasteiger partial charge in [0.15, 0.2) is 0 Å². The number of morpholine rings is 1. The normalized spacial score (nSPS) is 19.5. The van der Waals surface area contributed by atoms with Crippen molar-refractivity contribution in [1.29, 1.82) is 0 Å². The number of aromatic nitrogens is 2. The Bertz CT molecular complexity index is 497. The van der Waals surface area contributed by atoms with E-state index in [1.165, 1.54) is 0 Å². The smallest absolute Gasteiger partial charge is 0.306 e. The fourth-order valence-corrected chi connectivity index (χ4v) is 2.19. The lowest BCUT2D eigenvalue weighted by Gasteiger charge is -2.32. The second kappa shape index (κ2) is 5.40. The van der Waals surface area contributed by atoms with Gasteiger partial charge < -0.3 is 14.7 Å². The molecule has 1 amide bonds. The maximum atomic E-state index is 12.3. The molecule has 1 aliphatic rings. The number of amides is 1. The Morgan fingerprint density at radius 3 is 2.89 bits per heavy atom. The van der Waals surface area contributed by atoms with E-state index in [-0.39, 0.29) is 12.3 Å². The summed E-state index contributed by atoms with van der Waals surface area (Å²) in [6.45, 7) is 2.96. The predicted octanol–water partition coefficient (Wildman–Crippen LogP) is 0.0442. The Hall–Kier alpha value is -1.89. The van der Waals surface area contributed by atoms with Crippen molar-refractivity contribution >= 4 is 11.9 Å². The molecule has 1 atom stereocenters. The molecule has 0 radical (unpaired) electrons. The molecule has 7 nitrogen and oxygen atoms in total. The minimum Gasteiger partial charge on any atom is -0.481 e. The van der Waals surface area contributed by atoms with E-state index in [2.05, 4.69) is 5.10 Å². The highest BCUT2D eigenvalue weighted by Crippen LogP contribution is 2.13. The van der Waals surface area contributed by atoms with Crippen molar-refractivity contribution in [2.75, 3.05) is 19.7 Å². The summed E-state index contributed by atoms with van der Waals surface area (Å²) in [5.41, 5.74) is 1.29. The van der Waals surface area contributed by atoms with Gasteiger partial charge in [0.1, 0.15) is 5.69 Å². The van der Waals surface area contributed by atoms with Crippen molar-refractivity contribution in [2.24, 2.45) is 7.05 Å². The average Bonchev–Trinajstić information content (AvgIpc) is 2.67. The molecule has 0 bridgehead atoms. The van der Waals surface area contributed by atoms with Crippen LogP contribution >= 0.6 is 0 Å². The van der Waals surface area contributed by atoms with E-state index in [1.54, 1.807) is 22.7 Å². The predicted molar refractivity (Wildman–Crippen MR) is 65.8 cm³/mol. The van der Waals surface area contributed by atoms with E-state index in [4.69, 9.17) is 9.84 Å². The molecule has 0 aromatic carbocycles. The fourth-order valence-electron chi connectivity index (χ4n) is 2.19. The number of hydrogen-bond donors (Lipinski definition) is 1. The molecule has 1 aromatic rings. The van der Waals surface area contributed by atoms with Gasteiger partial charge in [0, 0.05) is 20.1 Å². The van der Waals surface area contributed by atoms with Crippen molar-refractivity contribution in [3.05, 3.63) is 17.5 Å². The zero-order valence-corrected chi connectivity index (χ0v) is 11.0. The quantitative estimate of drug-likeness (QED) is 0.836. The Morgan fingerprint density at radius 1 is 1.58 bits per heavy atom. The molecular weight excluding hydrogens is 250 g/mol. The van der Waals surface area contributed by atoms with Crippen LogP contribution in [0.4, 0.5) is 0 Å². The lowest BCUT2D eigenvalue weighted by Crippen LogP contribution is -2.46. The molecule has 1 saturated heterocycles. The molecule has 2 heterocycles. The number of carboxylic acids is 1. The minimum atomic E-state index is -0.921. The number of carbonyl (C=O) groups excluding carboxylic acids is 1. The average molecular weight is 267 g/mol. The summed E-state index contributed by atoms with van der Waals surface area (Å²) in [7, 11) is 1.72. The number of carboxylic acid groups (broad SMARTS) is 1. The SMILES string of the molecule is Cc1cc(C(=O)N2CCOC(CC(=O)O)C2)n(C)n1. The summed E-state index contributed by atoms with van der Waals surface area (Å²) in [6.07, 6.45) is -0.529. The lowest BCUT2D eigenvalue weighted by atomic mass is 10.2. The molecule has 104 valence electrons. The Balaban J connectivity index is 2.07. The molecule has 2 rings (SSSR count). The van der Waals surface area contributed by atoms with E-state index in [0.29, 0.717) is 25.4 Å². The van der Waals surface area contributed by atoms with Crippen LogP contribution in [0, 0.1) is 6.92 Å². The number of nitrogens with zero attached hydrogens (tertiary/aromatic N) is 3. The van der Waals surface area contributed by atoms with E-state index >= 15 is 0 Å². The molecule has 1 fully saturated rings. The first-order chi connectivity index (χ1) is 8.97. The van der Waals surface area contributed by atoms with Gasteiger partial charge in [-0.15, -0.1) is 0 Å². The standard InChI is InChI=1S/C12H17N3O4/c1-8-5-10(14(2)13-8)12(18)15-3-4-19-9(7-15)6-11(16)17/h5,9H,3-4,6-7H2,1-2H3,(H,16,17). The van der Waals surface area contributed by atoms with Crippen molar-refractivity contribution in [1.82, 2.24) is 14.7 Å².